The third-order valence-electron chi connectivity index (χ3n) is 4.62. The van der Waals surface area contributed by atoms with Crippen molar-refractivity contribution in [2.45, 2.75) is 38.0 Å². The molecule has 9 heteroatoms. The molecule has 0 bridgehead atoms. The van der Waals surface area contributed by atoms with Crippen LogP contribution < -0.4 is 0 Å². The van der Waals surface area contributed by atoms with E-state index in [-0.39, 0.29) is 10.7 Å². The van der Waals surface area contributed by atoms with Gasteiger partial charge in [-0.25, -0.2) is 3.97 Å². The number of hydrogen-bond acceptors (Lipinski definition) is 7. The van der Waals surface area contributed by atoms with Crippen molar-refractivity contribution in [3.05, 3.63) is 72.7 Å². The molecule has 180 valence electrons. The quantitative estimate of drug-likeness (QED) is 0.371. The van der Waals surface area contributed by atoms with Crippen LogP contribution in [0.2, 0.25) is 0 Å². The van der Waals surface area contributed by atoms with E-state index in [1.165, 1.54) is 3.97 Å². The summed E-state index contributed by atoms with van der Waals surface area (Å²) in [7, 11) is -0.0122. The van der Waals surface area contributed by atoms with Gasteiger partial charge in [-0.1, -0.05) is 18.2 Å². The first-order valence-electron chi connectivity index (χ1n) is 10.6. The Morgan fingerprint density at radius 2 is 1.85 bits per heavy atom. The number of hydrogen-bond donors (Lipinski definition) is 0. The van der Waals surface area contributed by atoms with Crippen LogP contribution in [-0.2, 0) is 26.1 Å². The first-order valence-corrected chi connectivity index (χ1v) is 12.1. The van der Waals surface area contributed by atoms with Gasteiger partial charge in [0.05, 0.1) is 5.69 Å². The second-order valence-electron chi connectivity index (χ2n) is 8.94. The Labute approximate surface area is 199 Å². The summed E-state index contributed by atoms with van der Waals surface area (Å²) < 4.78 is 38.1. The van der Waals surface area contributed by atoms with E-state index in [0.29, 0.717) is 24.3 Å². The van der Waals surface area contributed by atoms with Crippen molar-refractivity contribution in [3.63, 3.8) is 0 Å². The summed E-state index contributed by atoms with van der Waals surface area (Å²) >= 11 is 0. The highest BCUT2D eigenvalue weighted by Crippen LogP contribution is 2.30. The Balaban J connectivity index is 0.000000406. The lowest BCUT2D eigenvalue weighted by Crippen LogP contribution is -2.17. The minimum Gasteiger partial charge on any atom is -0.462 e. The van der Waals surface area contributed by atoms with E-state index < -0.39 is 10.0 Å². The van der Waals surface area contributed by atoms with E-state index in [2.05, 4.69) is 9.72 Å². The van der Waals surface area contributed by atoms with Gasteiger partial charge in [-0.05, 0) is 64.7 Å². The number of aromatic nitrogens is 2. The summed E-state index contributed by atoms with van der Waals surface area (Å²) in [6.45, 7) is 6.54. The molecule has 0 unspecified atom stereocenters. The Kier molecular flexibility index (Phi) is 7.58. The zero-order valence-corrected chi connectivity index (χ0v) is 20.7. The number of benzene rings is 1. The fraction of sp³-hybridized carbons (Fsp3) is 0.280. The van der Waals surface area contributed by atoms with Crippen molar-refractivity contribution in [1.29, 1.82) is 0 Å². The van der Waals surface area contributed by atoms with Crippen LogP contribution in [0, 0.1) is 0 Å². The number of nitrogens with zero attached hydrogens (tertiary/aromatic N) is 3. The number of rotatable bonds is 6. The molecule has 0 aliphatic rings. The Bertz CT molecular complexity index is 1320. The van der Waals surface area contributed by atoms with Crippen LogP contribution in [0.15, 0.2) is 76.6 Å². The molecule has 34 heavy (non-hydrogen) atoms. The van der Waals surface area contributed by atoms with Crippen molar-refractivity contribution in [2.24, 2.45) is 0 Å². The molecule has 3 aromatic heterocycles. The van der Waals surface area contributed by atoms with E-state index in [1.54, 1.807) is 36.8 Å². The van der Waals surface area contributed by atoms with Crippen LogP contribution in [-0.4, -0.2) is 48.4 Å². The SMILES string of the molecule is CC(C)(C)OC=O.CN(C)Cc1cc(-c2cccnc2)n(S(=O)(=O)c2cc3ccccc3o2)c1. The van der Waals surface area contributed by atoms with E-state index in [4.69, 9.17) is 4.42 Å². The van der Waals surface area contributed by atoms with Crippen molar-refractivity contribution in [1.82, 2.24) is 13.9 Å². The third kappa shape index (κ3) is 6.12. The first-order chi connectivity index (χ1) is 16.0. The summed E-state index contributed by atoms with van der Waals surface area (Å²) in [6.07, 6.45) is 4.95. The summed E-state index contributed by atoms with van der Waals surface area (Å²) in [6, 6.07) is 14.3. The average molecular weight is 484 g/mol. The molecule has 0 aliphatic carbocycles. The molecule has 0 N–H and O–H groups in total. The number of fused-ring (bicyclic) bond motifs is 1. The molecule has 1 aromatic carbocycles. The van der Waals surface area contributed by atoms with Gasteiger partial charge in [0.2, 0.25) is 5.09 Å². The van der Waals surface area contributed by atoms with Gasteiger partial charge < -0.3 is 14.1 Å². The summed E-state index contributed by atoms with van der Waals surface area (Å²) in [4.78, 5) is 15.7. The minimum absolute atomic E-state index is 0.0826. The topological polar surface area (TPSA) is 94.6 Å². The van der Waals surface area contributed by atoms with Crippen LogP contribution in [0.5, 0.6) is 0 Å². The molecule has 0 amide bonds. The number of furan rings is 1. The highest BCUT2D eigenvalue weighted by atomic mass is 32.2. The molecule has 0 saturated heterocycles. The molecule has 0 saturated carbocycles. The van der Waals surface area contributed by atoms with Gasteiger partial charge in [0.25, 0.3) is 6.47 Å². The fourth-order valence-electron chi connectivity index (χ4n) is 3.20. The van der Waals surface area contributed by atoms with Gasteiger partial charge in [0.15, 0.2) is 0 Å². The molecule has 0 radical (unpaired) electrons. The second-order valence-corrected chi connectivity index (χ2v) is 10.7. The first kappa shape index (κ1) is 25.2. The van der Waals surface area contributed by atoms with Crippen molar-refractivity contribution in [3.8, 4) is 11.3 Å². The van der Waals surface area contributed by atoms with E-state index >= 15 is 0 Å². The van der Waals surface area contributed by atoms with Crippen LogP contribution in [0.25, 0.3) is 22.2 Å². The van der Waals surface area contributed by atoms with Gasteiger partial charge in [0.1, 0.15) is 11.2 Å². The van der Waals surface area contributed by atoms with E-state index in [0.717, 1.165) is 16.5 Å². The van der Waals surface area contributed by atoms with Crippen LogP contribution >= 0.6 is 0 Å². The fourth-order valence-corrected chi connectivity index (χ4v) is 4.55. The minimum atomic E-state index is -3.89. The van der Waals surface area contributed by atoms with E-state index in [9.17, 15) is 13.2 Å². The van der Waals surface area contributed by atoms with Crippen molar-refractivity contribution >= 4 is 27.5 Å². The number of ether oxygens (including phenoxy) is 1. The zero-order chi connectivity index (χ0) is 24.9. The summed E-state index contributed by atoms with van der Waals surface area (Å²) in [5.41, 5.74) is 2.39. The normalized spacial score (nSPS) is 11.8. The summed E-state index contributed by atoms with van der Waals surface area (Å²) in [5.74, 6) is 0. The van der Waals surface area contributed by atoms with Crippen LogP contribution in [0.1, 0.15) is 26.3 Å². The molecule has 0 spiro atoms. The lowest BCUT2D eigenvalue weighted by molar-refractivity contribution is -0.138. The van der Waals surface area contributed by atoms with Crippen LogP contribution in [0.4, 0.5) is 0 Å². The maximum atomic E-state index is 13.3. The summed E-state index contributed by atoms with van der Waals surface area (Å²) in [5, 5.41) is 0.667. The predicted molar refractivity (Wildman–Crippen MR) is 131 cm³/mol. The predicted octanol–water partition coefficient (Wildman–Crippen LogP) is 4.55. The van der Waals surface area contributed by atoms with Gasteiger partial charge in [-0.2, -0.15) is 8.42 Å². The molecular weight excluding hydrogens is 454 g/mol. The van der Waals surface area contributed by atoms with E-state index in [1.807, 2.05) is 70.1 Å². The smallest absolute Gasteiger partial charge is 0.301 e. The lowest BCUT2D eigenvalue weighted by Gasteiger charge is -2.14. The highest BCUT2D eigenvalue weighted by Gasteiger charge is 2.25. The lowest BCUT2D eigenvalue weighted by atomic mass is 10.2. The third-order valence-corrected chi connectivity index (χ3v) is 6.15. The Hall–Kier alpha value is -3.43. The highest BCUT2D eigenvalue weighted by molar-refractivity contribution is 7.89. The van der Waals surface area contributed by atoms with Crippen LogP contribution in [0.3, 0.4) is 0 Å². The molecule has 0 aliphatic heterocycles. The molecule has 0 fully saturated rings. The number of carbonyl (C=O) groups excluding carboxylic acids is 1. The molecular formula is C25H29N3O5S. The molecule has 4 rings (SSSR count). The molecule has 4 aromatic rings. The van der Waals surface area contributed by atoms with Crippen molar-refractivity contribution in [2.75, 3.05) is 14.1 Å². The number of carbonyl (C=O) groups is 1. The largest absolute Gasteiger partial charge is 0.462 e. The van der Waals surface area contributed by atoms with Crippen molar-refractivity contribution < 1.29 is 22.4 Å². The van der Waals surface area contributed by atoms with Gasteiger partial charge in [-0.3, -0.25) is 9.78 Å². The molecule has 8 nitrogen and oxygen atoms in total. The number of pyridine rings is 1. The number of para-hydroxylation sites is 1. The van der Waals surface area contributed by atoms with Gasteiger partial charge in [-0.15, -0.1) is 0 Å². The molecule has 0 atom stereocenters. The van der Waals surface area contributed by atoms with Gasteiger partial charge >= 0.3 is 10.0 Å². The maximum absolute atomic E-state index is 13.3. The average Bonchev–Trinajstić information content (AvgIpc) is 3.39. The maximum Gasteiger partial charge on any atom is 0.301 e. The van der Waals surface area contributed by atoms with Gasteiger partial charge in [0, 0.05) is 42.2 Å². The monoisotopic (exact) mass is 483 g/mol. The zero-order valence-electron chi connectivity index (χ0n) is 19.9. The molecule has 3 heterocycles. The Morgan fingerprint density at radius 1 is 1.12 bits per heavy atom. The second kappa shape index (κ2) is 10.2. The Morgan fingerprint density at radius 3 is 2.41 bits per heavy atom. The standard InChI is InChI=1S/C20H19N3O3S.C5H10O2/c1-22(2)13-15-10-18(17-7-5-9-21-12-17)23(14-15)27(24,25)20-11-16-6-3-4-8-19(16)26-20;1-5(2,3)7-4-6/h3-12,14H,13H2,1-2H3;4H,1-3H3.